The average molecular weight is 647 g/mol. The molecule has 1 aliphatic carbocycles. The number of hydrogen-bond donors (Lipinski definition) is 1. The van der Waals surface area contributed by atoms with E-state index in [0.717, 1.165) is 28.7 Å². The smallest absolute Gasteiger partial charge is 0.248 e. The minimum atomic E-state index is -0.626. The van der Waals surface area contributed by atoms with E-state index in [2.05, 4.69) is 48.2 Å². The second-order valence-electron chi connectivity index (χ2n) is 11.8. The number of pyridine rings is 1. The van der Waals surface area contributed by atoms with Crippen molar-refractivity contribution in [2.75, 3.05) is 12.4 Å². The summed E-state index contributed by atoms with van der Waals surface area (Å²) in [6.45, 7) is 7.60. The number of amides is 2. The van der Waals surface area contributed by atoms with Gasteiger partial charge in [-0.3, -0.25) is 19.1 Å². The third-order valence-electron chi connectivity index (χ3n) is 8.50. The standard InChI is InChI=1S/C31H32BrN7O4/c1-16-6-7-24(32)35-29(16)36-30(42)22-10-31(4)11-23(31)39(22)26(41)14-38-28-17(2)8-19(9-21(28)27(37-38)18(3)40)20-12-33-25(15-43-5)34-13-20/h6-9,12-13,22-23H,10-11,14-15H2,1-5H3,(H,35,36,42)/t22-,23+,31-/m0/s1. The van der Waals surface area contributed by atoms with Crippen molar-refractivity contribution in [3.63, 3.8) is 0 Å². The van der Waals surface area contributed by atoms with Gasteiger partial charge in [0.15, 0.2) is 11.6 Å². The van der Waals surface area contributed by atoms with Gasteiger partial charge in [0, 0.05) is 43.4 Å². The predicted octanol–water partition coefficient (Wildman–Crippen LogP) is 4.63. The van der Waals surface area contributed by atoms with Crippen molar-refractivity contribution >= 4 is 50.2 Å². The molecule has 6 rings (SSSR count). The molecule has 2 amide bonds. The quantitative estimate of drug-likeness (QED) is 0.217. The molecular formula is C31H32BrN7O4. The Balaban J connectivity index is 1.30. The summed E-state index contributed by atoms with van der Waals surface area (Å²) in [4.78, 5) is 55.0. The van der Waals surface area contributed by atoms with Gasteiger partial charge in [0.05, 0.1) is 5.52 Å². The Labute approximate surface area is 257 Å². The number of nitrogens with one attached hydrogen (secondary N) is 1. The van der Waals surface area contributed by atoms with E-state index in [0.29, 0.717) is 40.2 Å². The van der Waals surface area contributed by atoms with E-state index in [1.165, 1.54) is 6.92 Å². The second-order valence-corrected chi connectivity index (χ2v) is 12.6. The van der Waals surface area contributed by atoms with Crippen LogP contribution in [-0.4, -0.2) is 66.4 Å². The van der Waals surface area contributed by atoms with Crippen LogP contribution in [0.3, 0.4) is 0 Å². The van der Waals surface area contributed by atoms with Crippen LogP contribution in [0.1, 0.15) is 54.1 Å². The zero-order chi connectivity index (χ0) is 30.6. The molecule has 2 aliphatic rings. The largest absolute Gasteiger partial charge is 0.377 e. The normalized spacial score (nSPS) is 20.7. The molecule has 4 heterocycles. The molecule has 1 saturated carbocycles. The van der Waals surface area contributed by atoms with E-state index in [-0.39, 0.29) is 41.3 Å². The van der Waals surface area contributed by atoms with Gasteiger partial charge in [0.1, 0.15) is 35.3 Å². The van der Waals surface area contributed by atoms with Gasteiger partial charge in [0.2, 0.25) is 11.8 Å². The molecular weight excluding hydrogens is 614 g/mol. The number of carbonyl (C=O) groups excluding carboxylic acids is 3. The summed E-state index contributed by atoms with van der Waals surface area (Å²) in [6.07, 6.45) is 4.87. The number of fused-ring (bicyclic) bond motifs is 2. The number of ether oxygens (including phenoxy) is 1. The van der Waals surface area contributed by atoms with Crippen LogP contribution in [0.15, 0.2) is 41.3 Å². The molecule has 0 spiro atoms. The lowest BCUT2D eigenvalue weighted by Gasteiger charge is -2.27. The van der Waals surface area contributed by atoms with E-state index < -0.39 is 6.04 Å². The molecule has 2 fully saturated rings. The molecule has 0 bridgehead atoms. The molecule has 1 aliphatic heterocycles. The first kappa shape index (κ1) is 29.1. The van der Waals surface area contributed by atoms with E-state index >= 15 is 0 Å². The number of Topliss-reactive ketones (excluding diaryl/α,β-unsaturated/α-hetero) is 1. The highest BCUT2D eigenvalue weighted by Gasteiger charge is 2.64. The number of aryl methyl sites for hydroxylation is 2. The van der Waals surface area contributed by atoms with Crippen LogP contribution >= 0.6 is 15.9 Å². The Bertz CT molecular complexity index is 1790. The Hall–Kier alpha value is -4.03. The monoisotopic (exact) mass is 645 g/mol. The summed E-state index contributed by atoms with van der Waals surface area (Å²) in [5.41, 5.74) is 4.20. The number of piperidine rings is 1. The maximum atomic E-state index is 13.9. The zero-order valence-corrected chi connectivity index (χ0v) is 26.2. The molecule has 3 aromatic heterocycles. The number of halogens is 1. The number of aromatic nitrogens is 5. The van der Waals surface area contributed by atoms with E-state index in [4.69, 9.17) is 4.74 Å². The SMILES string of the molecule is COCc1ncc(-c2cc(C)c3c(c2)c(C(C)=O)nn3CC(=O)N2[C@H](C(=O)Nc3nc(Br)ccc3C)C[C@@]3(C)C[C@@H]23)cn1. The number of hydrogen-bond acceptors (Lipinski definition) is 8. The Morgan fingerprint density at radius 2 is 1.84 bits per heavy atom. The summed E-state index contributed by atoms with van der Waals surface area (Å²) >= 11 is 3.36. The molecule has 3 atom stereocenters. The van der Waals surface area contributed by atoms with Crippen molar-refractivity contribution in [2.45, 2.75) is 65.8 Å². The van der Waals surface area contributed by atoms with Crippen LogP contribution in [0.25, 0.3) is 22.0 Å². The number of likely N-dealkylation sites (tertiary alicyclic amines) is 1. The second kappa shape index (κ2) is 10.9. The fourth-order valence-electron chi connectivity index (χ4n) is 6.18. The van der Waals surface area contributed by atoms with Gasteiger partial charge in [-0.15, -0.1) is 0 Å². The fraction of sp³-hybridized carbons (Fsp3) is 0.387. The first-order chi connectivity index (χ1) is 20.5. The van der Waals surface area contributed by atoms with Crippen molar-refractivity contribution in [1.82, 2.24) is 29.6 Å². The Morgan fingerprint density at radius 1 is 1.09 bits per heavy atom. The van der Waals surface area contributed by atoms with Gasteiger partial charge in [-0.25, -0.2) is 15.0 Å². The summed E-state index contributed by atoms with van der Waals surface area (Å²) in [7, 11) is 1.59. The van der Waals surface area contributed by atoms with Crippen LogP contribution in [-0.2, 0) is 27.5 Å². The van der Waals surface area contributed by atoms with Crippen LogP contribution < -0.4 is 5.32 Å². The van der Waals surface area contributed by atoms with Crippen molar-refractivity contribution in [2.24, 2.45) is 5.41 Å². The Kier molecular flexibility index (Phi) is 7.37. The van der Waals surface area contributed by atoms with Crippen LogP contribution in [0.4, 0.5) is 5.82 Å². The zero-order valence-electron chi connectivity index (χ0n) is 24.6. The van der Waals surface area contributed by atoms with Crippen molar-refractivity contribution in [3.8, 4) is 11.1 Å². The molecule has 11 nitrogen and oxygen atoms in total. The van der Waals surface area contributed by atoms with Crippen LogP contribution in [0, 0.1) is 19.3 Å². The lowest BCUT2D eigenvalue weighted by molar-refractivity contribution is -0.138. The first-order valence-corrected chi connectivity index (χ1v) is 14.9. The fourth-order valence-corrected chi connectivity index (χ4v) is 6.49. The van der Waals surface area contributed by atoms with Gasteiger partial charge in [-0.1, -0.05) is 13.0 Å². The van der Waals surface area contributed by atoms with E-state index in [1.807, 2.05) is 38.1 Å². The molecule has 0 radical (unpaired) electrons. The predicted molar refractivity (Wildman–Crippen MR) is 163 cm³/mol. The minimum Gasteiger partial charge on any atom is -0.377 e. The number of ketones is 1. The van der Waals surface area contributed by atoms with Crippen LogP contribution in [0.5, 0.6) is 0 Å². The molecule has 12 heteroatoms. The van der Waals surface area contributed by atoms with Crippen molar-refractivity contribution in [1.29, 1.82) is 0 Å². The van der Waals surface area contributed by atoms with Crippen molar-refractivity contribution in [3.05, 3.63) is 63.9 Å². The molecule has 1 saturated heterocycles. The van der Waals surface area contributed by atoms with Gasteiger partial charge in [-0.05, 0) is 82.9 Å². The number of anilines is 1. The van der Waals surface area contributed by atoms with E-state index in [9.17, 15) is 14.4 Å². The summed E-state index contributed by atoms with van der Waals surface area (Å²) in [6, 6.07) is 6.90. The number of carbonyl (C=O) groups is 3. The lowest BCUT2D eigenvalue weighted by atomic mass is 10.0. The molecule has 1 aromatic carbocycles. The molecule has 1 N–H and O–H groups in total. The Morgan fingerprint density at radius 3 is 2.53 bits per heavy atom. The molecule has 4 aromatic rings. The van der Waals surface area contributed by atoms with Crippen LogP contribution in [0.2, 0.25) is 0 Å². The number of benzene rings is 1. The highest BCUT2D eigenvalue weighted by atomic mass is 79.9. The van der Waals surface area contributed by atoms with Gasteiger partial charge in [0.25, 0.3) is 0 Å². The maximum Gasteiger partial charge on any atom is 0.248 e. The van der Waals surface area contributed by atoms with Gasteiger partial charge in [-0.2, -0.15) is 5.10 Å². The third-order valence-corrected chi connectivity index (χ3v) is 8.94. The van der Waals surface area contributed by atoms with E-state index in [1.54, 1.807) is 29.1 Å². The molecule has 43 heavy (non-hydrogen) atoms. The lowest BCUT2D eigenvalue weighted by Crippen LogP contribution is -2.47. The summed E-state index contributed by atoms with van der Waals surface area (Å²) in [5.74, 6) is 0.361. The van der Waals surface area contributed by atoms with Gasteiger partial charge >= 0.3 is 0 Å². The number of methoxy groups -OCH3 is 1. The highest BCUT2D eigenvalue weighted by Crippen LogP contribution is 2.59. The van der Waals surface area contributed by atoms with Gasteiger partial charge < -0.3 is 15.0 Å². The number of nitrogens with zero attached hydrogens (tertiary/aromatic N) is 6. The minimum absolute atomic E-state index is 0.0183. The van der Waals surface area contributed by atoms with Crippen molar-refractivity contribution < 1.29 is 19.1 Å². The first-order valence-electron chi connectivity index (χ1n) is 14.1. The summed E-state index contributed by atoms with van der Waals surface area (Å²) in [5, 5.41) is 8.19. The molecule has 0 unspecified atom stereocenters. The maximum absolute atomic E-state index is 13.9. The average Bonchev–Trinajstić information content (AvgIpc) is 3.31. The summed E-state index contributed by atoms with van der Waals surface area (Å²) < 4.78 is 7.31. The molecule has 222 valence electrons. The topological polar surface area (TPSA) is 132 Å². The number of rotatable bonds is 8. The third kappa shape index (κ3) is 5.33. The highest BCUT2D eigenvalue weighted by molar-refractivity contribution is 9.10.